The molecular weight excluding hydrogens is 793 g/mol. The minimum absolute atomic E-state index is 0.00676. The molecule has 22 nitrogen and oxygen atoms in total. The van der Waals surface area contributed by atoms with Crippen molar-refractivity contribution in [2.75, 3.05) is 52.4 Å². The van der Waals surface area contributed by atoms with Crippen molar-refractivity contribution in [1.29, 1.82) is 0 Å². The Morgan fingerprint density at radius 1 is 0.705 bits per heavy atom. The molecule has 0 spiro atoms. The summed E-state index contributed by atoms with van der Waals surface area (Å²) in [5, 5.41) is 26.1. The molecule has 1 aromatic carbocycles. The standard InChI is InChI=1S/C39H70N14O8/c1-4-7-27(49-35(58)28(8-5-18-47-39(44)45)48-33(56)22-46-17-6-15-40)34(57)51-30(20-25-10-12-26(54)13-11-25)36(59)52-31(21-42)37(60)50-29(14-9-24(2)3)38(61)53(19-16-41)23-32(43)55/h10-13,24,27-31,46,54H,4-9,14-23,40-42H2,1-3H3,(H2,43,55)(H,48,56)(H,49,58)(H,50,60)(H,51,57)(H,52,59)(H4,44,45,47)/t27-,28-,29-,30-,31-/m0/s1. The van der Waals surface area contributed by atoms with Crippen LogP contribution in [0, 0.1) is 5.92 Å². The third-order valence-corrected chi connectivity index (χ3v) is 9.23. The lowest BCUT2D eigenvalue weighted by Gasteiger charge is -2.29. The number of phenolic OH excluding ortho intramolecular Hbond substituents is 1. The van der Waals surface area contributed by atoms with Crippen molar-refractivity contribution < 1.29 is 38.7 Å². The zero-order valence-electron chi connectivity index (χ0n) is 35.8. The van der Waals surface area contributed by atoms with Crippen LogP contribution in [0.25, 0.3) is 0 Å². The van der Waals surface area contributed by atoms with Gasteiger partial charge in [0.2, 0.25) is 41.4 Å². The molecule has 0 unspecified atom stereocenters. The van der Waals surface area contributed by atoms with Gasteiger partial charge in [0.1, 0.15) is 36.0 Å². The number of nitrogens with two attached hydrogens (primary N) is 6. The summed E-state index contributed by atoms with van der Waals surface area (Å²) in [5.41, 5.74) is 33.9. The number of aliphatic imine (C=N–C) groups is 1. The number of carbonyl (C=O) groups excluding carboxylic acids is 7. The zero-order chi connectivity index (χ0) is 45.9. The van der Waals surface area contributed by atoms with Crippen LogP contribution in [0.15, 0.2) is 29.3 Å². The van der Waals surface area contributed by atoms with Gasteiger partial charge in [0, 0.05) is 32.6 Å². The van der Waals surface area contributed by atoms with E-state index >= 15 is 0 Å². The summed E-state index contributed by atoms with van der Waals surface area (Å²) in [6.07, 6.45) is 2.29. The Bertz CT molecular complexity index is 1580. The summed E-state index contributed by atoms with van der Waals surface area (Å²) in [7, 11) is 0. The van der Waals surface area contributed by atoms with Gasteiger partial charge < -0.3 is 76.3 Å². The number of carbonyl (C=O) groups is 7. The molecule has 0 aromatic heterocycles. The Hall–Kier alpha value is -5.58. The average Bonchev–Trinajstić information content (AvgIpc) is 3.20. The van der Waals surface area contributed by atoms with E-state index in [4.69, 9.17) is 34.4 Å². The molecule has 0 saturated heterocycles. The minimum Gasteiger partial charge on any atom is -0.508 e. The lowest BCUT2D eigenvalue weighted by molar-refractivity contribution is -0.139. The maximum absolute atomic E-state index is 14.0. The lowest BCUT2D eigenvalue weighted by atomic mass is 10.0. The van der Waals surface area contributed by atoms with E-state index in [9.17, 15) is 38.7 Å². The van der Waals surface area contributed by atoms with Gasteiger partial charge in [0.15, 0.2) is 5.96 Å². The first-order chi connectivity index (χ1) is 28.9. The fraction of sp³-hybridized carbons (Fsp3) is 0.641. The number of aromatic hydroxyl groups is 1. The van der Waals surface area contributed by atoms with Crippen LogP contribution in [0.4, 0.5) is 0 Å². The average molecular weight is 863 g/mol. The van der Waals surface area contributed by atoms with Crippen molar-refractivity contribution in [3.05, 3.63) is 29.8 Å². The van der Waals surface area contributed by atoms with Crippen molar-refractivity contribution in [2.45, 2.75) is 102 Å². The van der Waals surface area contributed by atoms with Gasteiger partial charge in [-0.1, -0.05) is 39.3 Å². The molecule has 0 fully saturated rings. The molecule has 1 aromatic rings. The maximum atomic E-state index is 14.0. The predicted octanol–water partition coefficient (Wildman–Crippen LogP) is -4.18. The molecule has 0 saturated carbocycles. The van der Waals surface area contributed by atoms with Crippen LogP contribution in [0.2, 0.25) is 0 Å². The number of guanidine groups is 1. The molecule has 0 aliphatic carbocycles. The highest BCUT2D eigenvalue weighted by Gasteiger charge is 2.33. The summed E-state index contributed by atoms with van der Waals surface area (Å²) in [6, 6.07) is -0.153. The highest BCUT2D eigenvalue weighted by molar-refractivity contribution is 5.97. The van der Waals surface area contributed by atoms with E-state index in [-0.39, 0.29) is 69.5 Å². The first-order valence-electron chi connectivity index (χ1n) is 20.7. The minimum atomic E-state index is -1.38. The fourth-order valence-electron chi connectivity index (χ4n) is 5.99. The molecule has 0 aliphatic rings. The lowest BCUT2D eigenvalue weighted by Crippen LogP contribution is -2.61. The molecule has 0 radical (unpaired) electrons. The van der Waals surface area contributed by atoms with Gasteiger partial charge in [-0.3, -0.25) is 38.6 Å². The number of rotatable bonds is 31. The summed E-state index contributed by atoms with van der Waals surface area (Å²) >= 11 is 0. The maximum Gasteiger partial charge on any atom is 0.245 e. The van der Waals surface area contributed by atoms with Crippen molar-refractivity contribution >= 4 is 47.3 Å². The van der Waals surface area contributed by atoms with Gasteiger partial charge in [-0.15, -0.1) is 0 Å². The highest BCUT2D eigenvalue weighted by atomic mass is 16.3. The first-order valence-corrected chi connectivity index (χ1v) is 20.7. The quantitative estimate of drug-likeness (QED) is 0.0191. The molecule has 22 heteroatoms. The van der Waals surface area contributed by atoms with E-state index in [1.54, 1.807) is 19.1 Å². The molecule has 7 amide bonds. The van der Waals surface area contributed by atoms with Crippen LogP contribution in [-0.2, 0) is 40.0 Å². The monoisotopic (exact) mass is 863 g/mol. The van der Waals surface area contributed by atoms with Crippen LogP contribution < -0.4 is 66.3 Å². The fourth-order valence-corrected chi connectivity index (χ4v) is 5.99. The number of benzene rings is 1. The Morgan fingerprint density at radius 2 is 1.28 bits per heavy atom. The number of amides is 7. The van der Waals surface area contributed by atoms with Crippen molar-refractivity contribution in [3.63, 3.8) is 0 Å². The molecule has 1 rings (SSSR count). The smallest absolute Gasteiger partial charge is 0.245 e. The molecule has 0 heterocycles. The van der Waals surface area contributed by atoms with E-state index in [1.165, 1.54) is 12.1 Å². The Kier molecular flexibility index (Phi) is 25.9. The Morgan fingerprint density at radius 3 is 1.84 bits per heavy atom. The number of nitrogens with one attached hydrogen (secondary N) is 6. The molecule has 0 aliphatic heterocycles. The zero-order valence-corrected chi connectivity index (χ0v) is 35.8. The van der Waals surface area contributed by atoms with E-state index in [2.05, 4.69) is 36.9 Å². The van der Waals surface area contributed by atoms with Gasteiger partial charge in [0.05, 0.1) is 13.1 Å². The second kappa shape index (κ2) is 29.6. The second-order valence-electron chi connectivity index (χ2n) is 15.0. The van der Waals surface area contributed by atoms with E-state index in [0.717, 1.165) is 4.90 Å². The molecular formula is C39H70N14O8. The van der Waals surface area contributed by atoms with Crippen LogP contribution in [-0.4, -0.2) is 140 Å². The number of primary amides is 1. The normalized spacial score (nSPS) is 13.4. The van der Waals surface area contributed by atoms with Crippen LogP contribution in [0.3, 0.4) is 0 Å². The largest absolute Gasteiger partial charge is 0.508 e. The number of phenols is 1. The van der Waals surface area contributed by atoms with Crippen LogP contribution in [0.5, 0.6) is 5.75 Å². The van der Waals surface area contributed by atoms with Gasteiger partial charge in [-0.2, -0.15) is 0 Å². The predicted molar refractivity (Wildman–Crippen MR) is 231 cm³/mol. The highest BCUT2D eigenvalue weighted by Crippen LogP contribution is 2.13. The second-order valence-corrected chi connectivity index (χ2v) is 15.0. The van der Waals surface area contributed by atoms with E-state index in [1.807, 2.05) is 13.8 Å². The summed E-state index contributed by atoms with van der Waals surface area (Å²) < 4.78 is 0. The number of nitrogens with zero attached hydrogens (tertiary/aromatic N) is 2. The number of hydrogen-bond acceptors (Lipinski definition) is 13. The summed E-state index contributed by atoms with van der Waals surface area (Å²) in [5.74, 6) is -4.83. The van der Waals surface area contributed by atoms with Gasteiger partial charge in [-0.25, -0.2) is 0 Å². The van der Waals surface area contributed by atoms with Crippen LogP contribution >= 0.6 is 0 Å². The molecule has 19 N–H and O–H groups in total. The van der Waals surface area contributed by atoms with Crippen molar-refractivity contribution in [1.82, 2.24) is 36.8 Å². The van der Waals surface area contributed by atoms with Crippen LogP contribution in [0.1, 0.15) is 71.3 Å². The first kappa shape index (κ1) is 53.4. The Balaban J connectivity index is 3.37. The van der Waals surface area contributed by atoms with E-state index in [0.29, 0.717) is 44.3 Å². The molecule has 61 heavy (non-hydrogen) atoms. The van der Waals surface area contributed by atoms with Gasteiger partial charge in [0.25, 0.3) is 0 Å². The molecule has 0 bridgehead atoms. The SMILES string of the molecule is CCC[C@H](NC(=O)[C@H](CCCN=C(N)N)NC(=O)CNCCCN)C(=O)N[C@@H](Cc1ccc(O)cc1)C(=O)N[C@@H](CN)C(=O)N[C@@H](CCC(C)C)C(=O)N(CCN)CC(N)=O. The molecule has 5 atom stereocenters. The van der Waals surface area contributed by atoms with Crippen molar-refractivity contribution in [3.8, 4) is 5.75 Å². The third-order valence-electron chi connectivity index (χ3n) is 9.23. The van der Waals surface area contributed by atoms with Gasteiger partial charge in [-0.05, 0) is 75.2 Å². The van der Waals surface area contributed by atoms with Gasteiger partial charge >= 0.3 is 0 Å². The van der Waals surface area contributed by atoms with Crippen molar-refractivity contribution in [2.24, 2.45) is 45.3 Å². The third kappa shape index (κ3) is 22.0. The van der Waals surface area contributed by atoms with E-state index < -0.39 is 84.6 Å². The molecule has 344 valence electrons. The topological polar surface area (TPSA) is 384 Å². The summed E-state index contributed by atoms with van der Waals surface area (Å²) in [6.45, 7) is 5.92. The Labute approximate surface area is 357 Å². The number of hydrogen-bond donors (Lipinski definition) is 13. The summed E-state index contributed by atoms with van der Waals surface area (Å²) in [4.78, 5) is 98.4.